The average molecular weight is 405 g/mol. The molecule has 6 nitrogen and oxygen atoms in total. The third-order valence-corrected chi connectivity index (χ3v) is 6.61. The number of benzene rings is 2. The van der Waals surface area contributed by atoms with Crippen molar-refractivity contribution in [2.75, 3.05) is 21.3 Å². The smallest absolute Gasteiger partial charge is 0.282 e. The molecule has 28 heavy (non-hydrogen) atoms. The van der Waals surface area contributed by atoms with Crippen LogP contribution in [0.4, 0.5) is 0 Å². The van der Waals surface area contributed by atoms with Gasteiger partial charge in [-0.05, 0) is 42.3 Å². The fourth-order valence-corrected chi connectivity index (χ4v) is 4.12. The molecule has 2 rings (SSSR count). The Kier molecular flexibility index (Phi) is 7.62. The highest BCUT2D eigenvalue weighted by molar-refractivity contribution is 7.86. The molecule has 0 aliphatic carbocycles. The summed E-state index contributed by atoms with van der Waals surface area (Å²) in [5.74, 6) is 1.46. The van der Waals surface area contributed by atoms with E-state index in [1.807, 2.05) is 48.5 Å². The van der Waals surface area contributed by atoms with E-state index in [1.54, 1.807) is 34.3 Å². The molecule has 1 unspecified atom stereocenters. The summed E-state index contributed by atoms with van der Waals surface area (Å²) in [6.45, 7) is 5.99. The van der Waals surface area contributed by atoms with Crippen LogP contribution in [0.5, 0.6) is 11.5 Å². The van der Waals surface area contributed by atoms with E-state index in [1.165, 1.54) is 8.61 Å². The van der Waals surface area contributed by atoms with Crippen LogP contribution in [-0.2, 0) is 23.3 Å². The van der Waals surface area contributed by atoms with E-state index >= 15 is 0 Å². The van der Waals surface area contributed by atoms with Gasteiger partial charge < -0.3 is 9.47 Å². The molecule has 2 aromatic rings. The second-order valence-electron chi connectivity index (χ2n) is 6.46. The molecule has 0 spiro atoms. The number of ether oxygens (including phenoxy) is 2. The van der Waals surface area contributed by atoms with Gasteiger partial charge in [-0.1, -0.05) is 30.3 Å². The van der Waals surface area contributed by atoms with E-state index in [4.69, 9.17) is 9.47 Å². The van der Waals surface area contributed by atoms with Gasteiger partial charge in [0.25, 0.3) is 10.2 Å². The van der Waals surface area contributed by atoms with Gasteiger partial charge in [-0.2, -0.15) is 17.0 Å². The second-order valence-corrected chi connectivity index (χ2v) is 8.45. The van der Waals surface area contributed by atoms with Crippen molar-refractivity contribution in [3.05, 3.63) is 72.3 Å². The minimum absolute atomic E-state index is 0.243. The molecular weight excluding hydrogens is 376 g/mol. The van der Waals surface area contributed by atoms with Crippen LogP contribution in [0.2, 0.25) is 0 Å². The highest BCUT2D eigenvalue weighted by Gasteiger charge is 2.29. The molecule has 7 heteroatoms. The topological polar surface area (TPSA) is 59.1 Å². The fraction of sp³-hybridized carbons (Fsp3) is 0.333. The Balaban J connectivity index is 2.33. The Morgan fingerprint density at radius 3 is 1.64 bits per heavy atom. The van der Waals surface area contributed by atoms with Crippen molar-refractivity contribution in [2.24, 2.45) is 0 Å². The summed E-state index contributed by atoms with van der Waals surface area (Å²) in [5.41, 5.74) is 1.75. The molecule has 2 aromatic carbocycles. The summed E-state index contributed by atoms with van der Waals surface area (Å²) in [5, 5.41) is 0. The van der Waals surface area contributed by atoms with Gasteiger partial charge >= 0.3 is 0 Å². The molecule has 0 bridgehead atoms. The predicted octanol–water partition coefficient (Wildman–Crippen LogP) is 3.46. The Labute approximate surface area is 168 Å². The first-order valence-electron chi connectivity index (χ1n) is 8.93. The first kappa shape index (κ1) is 21.9. The lowest BCUT2D eigenvalue weighted by Crippen LogP contribution is -2.44. The van der Waals surface area contributed by atoms with Crippen LogP contribution >= 0.6 is 0 Å². The maximum Gasteiger partial charge on any atom is 0.282 e. The number of methoxy groups -OCH3 is 2. The van der Waals surface area contributed by atoms with Crippen LogP contribution < -0.4 is 9.47 Å². The third kappa shape index (κ3) is 5.34. The molecule has 0 amide bonds. The predicted molar refractivity (Wildman–Crippen MR) is 112 cm³/mol. The quantitative estimate of drug-likeness (QED) is 0.569. The van der Waals surface area contributed by atoms with Crippen LogP contribution in [0.1, 0.15) is 18.1 Å². The van der Waals surface area contributed by atoms with E-state index in [9.17, 15) is 8.42 Å². The summed E-state index contributed by atoms with van der Waals surface area (Å²) in [4.78, 5) is 0. The van der Waals surface area contributed by atoms with Gasteiger partial charge in [-0.3, -0.25) is 0 Å². The zero-order valence-electron chi connectivity index (χ0n) is 16.8. The fourth-order valence-electron chi connectivity index (χ4n) is 2.63. The maximum absolute atomic E-state index is 13.2. The SMILES string of the molecule is C=CC(C)N(C)S(=O)(=O)N(Cc1ccc(OC)cc1)Cc1ccc(OC)cc1. The van der Waals surface area contributed by atoms with E-state index in [0.717, 1.165) is 22.6 Å². The van der Waals surface area contributed by atoms with E-state index in [-0.39, 0.29) is 19.1 Å². The minimum Gasteiger partial charge on any atom is -0.497 e. The second kappa shape index (κ2) is 9.73. The van der Waals surface area contributed by atoms with Crippen LogP contribution in [0.15, 0.2) is 61.2 Å². The summed E-state index contributed by atoms with van der Waals surface area (Å²) in [6, 6.07) is 14.4. The summed E-state index contributed by atoms with van der Waals surface area (Å²) in [6.07, 6.45) is 1.61. The minimum atomic E-state index is -3.71. The Morgan fingerprint density at radius 1 is 0.929 bits per heavy atom. The monoisotopic (exact) mass is 404 g/mol. The van der Waals surface area contributed by atoms with E-state index < -0.39 is 10.2 Å². The van der Waals surface area contributed by atoms with Gasteiger partial charge in [0.15, 0.2) is 0 Å². The van der Waals surface area contributed by atoms with Gasteiger partial charge in [-0.25, -0.2) is 0 Å². The Morgan fingerprint density at radius 2 is 1.32 bits per heavy atom. The van der Waals surface area contributed by atoms with E-state index in [2.05, 4.69) is 6.58 Å². The van der Waals surface area contributed by atoms with Gasteiger partial charge in [0.05, 0.1) is 14.2 Å². The molecule has 0 N–H and O–H groups in total. The first-order valence-corrected chi connectivity index (χ1v) is 10.3. The Hall–Kier alpha value is -2.35. The first-order chi connectivity index (χ1) is 13.3. The van der Waals surface area contributed by atoms with Crippen LogP contribution in [0.25, 0.3) is 0 Å². The molecule has 0 radical (unpaired) electrons. The van der Waals surface area contributed by atoms with Crippen LogP contribution in [0.3, 0.4) is 0 Å². The summed E-state index contributed by atoms with van der Waals surface area (Å²) >= 11 is 0. The van der Waals surface area contributed by atoms with Crippen molar-refractivity contribution < 1.29 is 17.9 Å². The normalized spacial score (nSPS) is 12.8. The third-order valence-electron chi connectivity index (χ3n) is 4.64. The van der Waals surface area contributed by atoms with E-state index in [0.29, 0.717) is 0 Å². The molecule has 0 saturated heterocycles. The lowest BCUT2D eigenvalue weighted by molar-refractivity contribution is 0.336. The highest BCUT2D eigenvalue weighted by Crippen LogP contribution is 2.21. The van der Waals surface area contributed by atoms with Crippen molar-refractivity contribution >= 4 is 10.2 Å². The number of rotatable bonds is 10. The highest BCUT2D eigenvalue weighted by atomic mass is 32.2. The van der Waals surface area contributed by atoms with Crippen molar-refractivity contribution in [3.8, 4) is 11.5 Å². The van der Waals surface area contributed by atoms with Gasteiger partial charge in [0.1, 0.15) is 11.5 Å². The van der Waals surface area contributed by atoms with Crippen molar-refractivity contribution in [1.82, 2.24) is 8.61 Å². The average Bonchev–Trinajstić information content (AvgIpc) is 2.73. The number of likely N-dealkylation sites (N-methyl/N-ethyl adjacent to an activating group) is 1. The summed E-state index contributed by atoms with van der Waals surface area (Å²) < 4.78 is 39.6. The zero-order valence-corrected chi connectivity index (χ0v) is 17.6. The van der Waals surface area contributed by atoms with Gasteiger partial charge in [-0.15, -0.1) is 6.58 Å². The molecule has 0 aromatic heterocycles. The van der Waals surface area contributed by atoms with Crippen molar-refractivity contribution in [1.29, 1.82) is 0 Å². The number of nitrogens with zero attached hydrogens (tertiary/aromatic N) is 2. The van der Waals surface area contributed by atoms with Gasteiger partial charge in [0, 0.05) is 26.2 Å². The zero-order chi connectivity index (χ0) is 20.7. The molecular formula is C21H28N2O4S. The van der Waals surface area contributed by atoms with Crippen LogP contribution in [-0.4, -0.2) is 44.3 Å². The number of hydrogen-bond acceptors (Lipinski definition) is 4. The molecule has 0 fully saturated rings. The van der Waals surface area contributed by atoms with Crippen LogP contribution in [0, 0.1) is 0 Å². The largest absolute Gasteiger partial charge is 0.497 e. The Bertz CT molecular complexity index is 815. The lowest BCUT2D eigenvalue weighted by Gasteiger charge is -2.30. The molecule has 0 aliphatic rings. The lowest BCUT2D eigenvalue weighted by atomic mass is 10.2. The molecule has 1 atom stereocenters. The molecule has 0 heterocycles. The van der Waals surface area contributed by atoms with Crippen molar-refractivity contribution in [2.45, 2.75) is 26.1 Å². The molecule has 0 saturated carbocycles. The molecule has 152 valence electrons. The van der Waals surface area contributed by atoms with Crippen molar-refractivity contribution in [3.63, 3.8) is 0 Å². The maximum atomic E-state index is 13.2. The summed E-state index contributed by atoms with van der Waals surface area (Å²) in [7, 11) is 1.06. The molecule has 0 aliphatic heterocycles. The standard InChI is InChI=1S/C21H28N2O4S/c1-6-17(2)22(3)28(24,25)23(15-18-7-11-20(26-4)12-8-18)16-19-9-13-21(27-5)14-10-19/h6-14,17H,1,15-16H2,2-5H3. The van der Waals surface area contributed by atoms with Gasteiger partial charge in [0.2, 0.25) is 0 Å². The number of hydrogen-bond donors (Lipinski definition) is 0.